The molecule has 0 saturated heterocycles. The normalized spacial score (nSPS) is 19.2. The first-order valence-electron chi connectivity index (χ1n) is 8.16. The van der Waals surface area contributed by atoms with Crippen molar-refractivity contribution in [3.05, 3.63) is 23.3 Å². The largest absolute Gasteiger partial charge is 0.384 e. The van der Waals surface area contributed by atoms with Crippen LogP contribution in [0.4, 0.5) is 0 Å². The molecule has 22 heavy (non-hydrogen) atoms. The fourth-order valence-corrected chi connectivity index (χ4v) is 3.44. The fourth-order valence-electron chi connectivity index (χ4n) is 3.44. The summed E-state index contributed by atoms with van der Waals surface area (Å²) in [4.78, 5) is 23.9. The summed E-state index contributed by atoms with van der Waals surface area (Å²) in [6.45, 7) is 6.12. The Hall–Kier alpha value is -1.49. The zero-order chi connectivity index (χ0) is 15.7. The fraction of sp³-hybridized carbons (Fsp3) is 0.706. The maximum atomic E-state index is 12.9. The SMILES string of the molecule is COCC1(C(=O)N2Cc3cnc(CC(C)C)nc3C2)CCC1. The van der Waals surface area contributed by atoms with Gasteiger partial charge in [0.05, 0.1) is 24.3 Å². The van der Waals surface area contributed by atoms with Crippen LogP contribution < -0.4 is 0 Å². The smallest absolute Gasteiger partial charge is 0.231 e. The van der Waals surface area contributed by atoms with Gasteiger partial charge < -0.3 is 9.64 Å². The zero-order valence-corrected chi connectivity index (χ0v) is 13.8. The molecule has 1 aliphatic carbocycles. The molecule has 1 amide bonds. The number of amides is 1. The van der Waals surface area contributed by atoms with Crippen LogP contribution in [-0.4, -0.2) is 34.5 Å². The standard InChI is InChI=1S/C17H25N3O2/c1-12(2)7-15-18-8-13-9-20(10-14(13)19-15)16(21)17(11-22-3)5-4-6-17/h8,12H,4-7,9-11H2,1-3H3. The highest BCUT2D eigenvalue weighted by Gasteiger charge is 2.47. The van der Waals surface area contributed by atoms with E-state index in [1.165, 1.54) is 0 Å². The topological polar surface area (TPSA) is 55.3 Å². The van der Waals surface area contributed by atoms with Crippen molar-refractivity contribution in [3.8, 4) is 0 Å². The van der Waals surface area contributed by atoms with Crippen molar-refractivity contribution in [2.75, 3.05) is 13.7 Å². The van der Waals surface area contributed by atoms with Crippen LogP contribution in [0.3, 0.4) is 0 Å². The zero-order valence-electron chi connectivity index (χ0n) is 13.8. The van der Waals surface area contributed by atoms with Crippen LogP contribution in [0, 0.1) is 11.3 Å². The highest BCUT2D eigenvalue weighted by Crippen LogP contribution is 2.43. The summed E-state index contributed by atoms with van der Waals surface area (Å²) in [6.07, 6.45) is 5.79. The van der Waals surface area contributed by atoms with E-state index in [9.17, 15) is 4.79 Å². The predicted octanol–water partition coefficient (Wildman–Crippen LogP) is 2.33. The number of carbonyl (C=O) groups excluding carboxylic acids is 1. The number of aromatic nitrogens is 2. The summed E-state index contributed by atoms with van der Waals surface area (Å²) in [5, 5.41) is 0. The molecule has 3 rings (SSSR count). The van der Waals surface area contributed by atoms with E-state index < -0.39 is 0 Å². The molecular formula is C17H25N3O2. The summed E-state index contributed by atoms with van der Waals surface area (Å²) in [5.74, 6) is 1.65. The third-order valence-electron chi connectivity index (χ3n) is 4.77. The summed E-state index contributed by atoms with van der Waals surface area (Å²) in [5.41, 5.74) is 1.82. The van der Waals surface area contributed by atoms with Crippen molar-refractivity contribution in [2.45, 2.75) is 52.6 Å². The summed E-state index contributed by atoms with van der Waals surface area (Å²) >= 11 is 0. The lowest BCUT2D eigenvalue weighted by molar-refractivity contribution is -0.152. The Morgan fingerprint density at radius 2 is 2.18 bits per heavy atom. The molecule has 0 unspecified atom stereocenters. The van der Waals surface area contributed by atoms with Gasteiger partial charge in [-0.2, -0.15) is 0 Å². The second-order valence-corrected chi connectivity index (χ2v) is 7.08. The third-order valence-corrected chi connectivity index (χ3v) is 4.77. The van der Waals surface area contributed by atoms with Crippen molar-refractivity contribution in [3.63, 3.8) is 0 Å². The van der Waals surface area contributed by atoms with Gasteiger partial charge in [-0.25, -0.2) is 9.97 Å². The first-order valence-corrected chi connectivity index (χ1v) is 8.16. The van der Waals surface area contributed by atoms with Crippen molar-refractivity contribution < 1.29 is 9.53 Å². The predicted molar refractivity (Wildman–Crippen MR) is 83.0 cm³/mol. The number of hydrogen-bond acceptors (Lipinski definition) is 4. The Morgan fingerprint density at radius 1 is 1.41 bits per heavy atom. The molecule has 120 valence electrons. The van der Waals surface area contributed by atoms with Crippen LogP contribution in [0.25, 0.3) is 0 Å². The molecule has 0 radical (unpaired) electrons. The van der Waals surface area contributed by atoms with Crippen LogP contribution >= 0.6 is 0 Å². The number of ether oxygens (including phenoxy) is 1. The van der Waals surface area contributed by atoms with Gasteiger partial charge in [-0.05, 0) is 18.8 Å². The molecule has 0 spiro atoms. The second-order valence-electron chi connectivity index (χ2n) is 7.08. The average Bonchev–Trinajstić information content (AvgIpc) is 2.84. The average molecular weight is 303 g/mol. The Kier molecular flexibility index (Phi) is 4.17. The van der Waals surface area contributed by atoms with Gasteiger partial charge in [-0.3, -0.25) is 4.79 Å². The lowest BCUT2D eigenvalue weighted by atomic mass is 9.68. The molecule has 1 saturated carbocycles. The molecular weight excluding hydrogens is 278 g/mol. The van der Waals surface area contributed by atoms with Gasteiger partial charge in [0.15, 0.2) is 0 Å². The van der Waals surface area contributed by atoms with Crippen LogP contribution in [-0.2, 0) is 29.0 Å². The van der Waals surface area contributed by atoms with Gasteiger partial charge in [0.1, 0.15) is 5.82 Å². The van der Waals surface area contributed by atoms with E-state index in [1.54, 1.807) is 7.11 Å². The van der Waals surface area contributed by atoms with E-state index in [2.05, 4.69) is 23.8 Å². The van der Waals surface area contributed by atoms with E-state index in [0.29, 0.717) is 25.6 Å². The molecule has 2 heterocycles. The summed E-state index contributed by atoms with van der Waals surface area (Å²) in [7, 11) is 1.68. The van der Waals surface area contributed by atoms with Crippen LogP contribution in [0.15, 0.2) is 6.20 Å². The van der Waals surface area contributed by atoms with Crippen LogP contribution in [0.1, 0.15) is 50.2 Å². The Balaban J connectivity index is 1.72. The molecule has 2 aliphatic rings. The molecule has 1 aromatic heterocycles. The molecule has 1 aromatic rings. The van der Waals surface area contributed by atoms with Gasteiger partial charge in [0, 0.05) is 31.8 Å². The molecule has 5 nitrogen and oxygen atoms in total. The van der Waals surface area contributed by atoms with Gasteiger partial charge in [0.2, 0.25) is 5.91 Å². The summed E-state index contributed by atoms with van der Waals surface area (Å²) < 4.78 is 5.29. The number of hydrogen-bond donors (Lipinski definition) is 0. The number of fused-ring (bicyclic) bond motifs is 1. The van der Waals surface area contributed by atoms with E-state index >= 15 is 0 Å². The van der Waals surface area contributed by atoms with Crippen molar-refractivity contribution in [1.82, 2.24) is 14.9 Å². The van der Waals surface area contributed by atoms with Gasteiger partial charge >= 0.3 is 0 Å². The number of carbonyl (C=O) groups is 1. The Bertz CT molecular complexity index is 567. The highest BCUT2D eigenvalue weighted by molar-refractivity contribution is 5.84. The Morgan fingerprint density at radius 3 is 2.77 bits per heavy atom. The van der Waals surface area contributed by atoms with Gasteiger partial charge in [-0.1, -0.05) is 20.3 Å². The maximum absolute atomic E-state index is 12.9. The Labute approximate surface area is 132 Å². The quantitative estimate of drug-likeness (QED) is 0.838. The lowest BCUT2D eigenvalue weighted by Crippen LogP contribution is -2.48. The van der Waals surface area contributed by atoms with Gasteiger partial charge in [-0.15, -0.1) is 0 Å². The monoisotopic (exact) mass is 303 g/mol. The summed E-state index contributed by atoms with van der Waals surface area (Å²) in [6, 6.07) is 0. The lowest BCUT2D eigenvalue weighted by Gasteiger charge is -2.41. The first kappa shape index (κ1) is 15.4. The van der Waals surface area contributed by atoms with Crippen molar-refractivity contribution in [2.24, 2.45) is 11.3 Å². The molecule has 0 atom stereocenters. The van der Waals surface area contributed by atoms with E-state index in [-0.39, 0.29) is 11.3 Å². The van der Waals surface area contributed by atoms with Crippen LogP contribution in [0.2, 0.25) is 0 Å². The van der Waals surface area contributed by atoms with E-state index in [0.717, 1.165) is 42.8 Å². The minimum absolute atomic E-state index is 0.226. The molecule has 1 aliphatic heterocycles. The highest BCUT2D eigenvalue weighted by atomic mass is 16.5. The number of methoxy groups -OCH3 is 1. The first-order chi connectivity index (χ1) is 10.5. The van der Waals surface area contributed by atoms with E-state index in [4.69, 9.17) is 4.74 Å². The molecule has 1 fully saturated rings. The number of rotatable bonds is 5. The minimum atomic E-state index is -0.287. The molecule has 0 bridgehead atoms. The van der Waals surface area contributed by atoms with E-state index in [1.807, 2.05) is 11.1 Å². The van der Waals surface area contributed by atoms with Gasteiger partial charge in [0.25, 0.3) is 0 Å². The molecule has 5 heteroatoms. The maximum Gasteiger partial charge on any atom is 0.231 e. The van der Waals surface area contributed by atoms with Crippen LogP contribution in [0.5, 0.6) is 0 Å². The van der Waals surface area contributed by atoms with Crippen molar-refractivity contribution in [1.29, 1.82) is 0 Å². The van der Waals surface area contributed by atoms with Crippen molar-refractivity contribution >= 4 is 5.91 Å². The molecule has 0 aromatic carbocycles. The minimum Gasteiger partial charge on any atom is -0.384 e. The number of nitrogens with zero attached hydrogens (tertiary/aromatic N) is 3. The third kappa shape index (κ3) is 2.74. The molecule has 0 N–H and O–H groups in total. The second kappa shape index (κ2) is 5.95.